The summed E-state index contributed by atoms with van der Waals surface area (Å²) in [7, 11) is 0. The van der Waals surface area contributed by atoms with Crippen LogP contribution in [0.4, 0.5) is 0 Å². The van der Waals surface area contributed by atoms with Crippen molar-refractivity contribution in [2.24, 2.45) is 11.5 Å². The Morgan fingerprint density at radius 2 is 1.00 bits per heavy atom. The van der Waals surface area contributed by atoms with Gasteiger partial charge in [0.25, 0.3) is 0 Å². The maximum atomic E-state index is 6.06. The predicted molar refractivity (Wildman–Crippen MR) is 107 cm³/mol. The minimum absolute atomic E-state index is 0. The lowest BCUT2D eigenvalue weighted by Gasteiger charge is -2.46. The van der Waals surface area contributed by atoms with Gasteiger partial charge in [-0.2, -0.15) is 0 Å². The van der Waals surface area contributed by atoms with E-state index in [1.54, 1.807) is 0 Å². The van der Waals surface area contributed by atoms with E-state index in [9.17, 15) is 0 Å². The lowest BCUT2D eigenvalue weighted by molar-refractivity contribution is -0.138. The largest absolute Gasteiger partial charge is 0.370 e. The molecule has 9 heteroatoms. The Hall–Kier alpha value is 0.960. The Morgan fingerprint density at radius 1 is 0.652 bits per heavy atom. The molecule has 0 saturated carbocycles. The van der Waals surface area contributed by atoms with Crippen LogP contribution in [-0.2, 0) is 4.74 Å². The van der Waals surface area contributed by atoms with E-state index >= 15 is 0 Å². The van der Waals surface area contributed by atoms with Gasteiger partial charge in [-0.25, -0.2) is 0 Å². The SMILES string of the molecule is Cl.Cl.Cl.Cl.NCCCCN1CC2CN(CCCCN)CC(C1)O2. The fourth-order valence-electron chi connectivity index (χ4n) is 3.19. The van der Waals surface area contributed by atoms with Gasteiger partial charge in [0.05, 0.1) is 12.2 Å². The van der Waals surface area contributed by atoms with Crippen molar-refractivity contribution in [1.29, 1.82) is 0 Å². The van der Waals surface area contributed by atoms with Crippen LogP contribution in [0.5, 0.6) is 0 Å². The number of hydrogen-bond donors (Lipinski definition) is 2. The Labute approximate surface area is 165 Å². The molecule has 2 bridgehead atoms. The number of unbranched alkanes of at least 4 members (excludes halogenated alkanes) is 2. The molecular formula is C14H34Cl4N4O. The Bertz CT molecular complexity index is 231. The van der Waals surface area contributed by atoms with Crippen LogP contribution in [0, 0.1) is 0 Å². The van der Waals surface area contributed by atoms with Gasteiger partial charge in [-0.3, -0.25) is 9.80 Å². The maximum Gasteiger partial charge on any atom is 0.0833 e. The van der Waals surface area contributed by atoms with E-state index in [2.05, 4.69) is 9.80 Å². The van der Waals surface area contributed by atoms with E-state index < -0.39 is 0 Å². The Kier molecular flexibility index (Phi) is 20.5. The van der Waals surface area contributed by atoms with E-state index in [-0.39, 0.29) is 49.6 Å². The van der Waals surface area contributed by atoms with Crippen molar-refractivity contribution >= 4 is 49.6 Å². The fourth-order valence-corrected chi connectivity index (χ4v) is 3.19. The molecule has 23 heavy (non-hydrogen) atoms. The molecule has 0 aromatic heterocycles. The summed E-state index contributed by atoms with van der Waals surface area (Å²) in [5.74, 6) is 0. The number of morpholine rings is 2. The Balaban J connectivity index is -0.000001000. The van der Waals surface area contributed by atoms with E-state index in [0.717, 1.165) is 52.1 Å². The number of ether oxygens (including phenoxy) is 1. The molecule has 0 radical (unpaired) electrons. The molecule has 0 spiro atoms. The third kappa shape index (κ3) is 10.5. The summed E-state index contributed by atoms with van der Waals surface area (Å²) in [4.78, 5) is 5.12. The number of hydrogen-bond acceptors (Lipinski definition) is 5. The molecule has 2 rings (SSSR count). The molecule has 0 atom stereocenters. The molecule has 4 N–H and O–H groups in total. The normalized spacial score (nSPS) is 23.7. The lowest BCUT2D eigenvalue weighted by atomic mass is 10.1. The second-order valence-corrected chi connectivity index (χ2v) is 5.89. The van der Waals surface area contributed by atoms with Crippen molar-refractivity contribution in [3.05, 3.63) is 0 Å². The van der Waals surface area contributed by atoms with Crippen molar-refractivity contribution in [2.75, 3.05) is 52.4 Å². The van der Waals surface area contributed by atoms with Gasteiger partial charge in [-0.05, 0) is 51.9 Å². The highest BCUT2D eigenvalue weighted by atomic mass is 35.5. The quantitative estimate of drug-likeness (QED) is 0.588. The van der Waals surface area contributed by atoms with E-state index in [0.29, 0.717) is 12.2 Å². The first-order chi connectivity index (χ1) is 9.31. The second kappa shape index (κ2) is 16.4. The van der Waals surface area contributed by atoms with Crippen LogP contribution in [0.2, 0.25) is 0 Å². The van der Waals surface area contributed by atoms with Gasteiger partial charge in [0, 0.05) is 26.2 Å². The molecule has 0 unspecified atom stereocenters. The number of nitrogens with zero attached hydrogens (tertiary/aromatic N) is 2. The molecule has 144 valence electrons. The van der Waals surface area contributed by atoms with Gasteiger partial charge in [-0.15, -0.1) is 49.6 Å². The number of rotatable bonds is 8. The maximum absolute atomic E-state index is 6.06. The van der Waals surface area contributed by atoms with E-state index in [4.69, 9.17) is 16.2 Å². The minimum Gasteiger partial charge on any atom is -0.370 e. The number of fused-ring (bicyclic) bond motifs is 2. The minimum atomic E-state index is 0. The molecule has 2 saturated heterocycles. The van der Waals surface area contributed by atoms with Crippen molar-refractivity contribution in [3.8, 4) is 0 Å². The summed E-state index contributed by atoms with van der Waals surface area (Å²) >= 11 is 0. The first-order valence-electron chi connectivity index (χ1n) is 7.82. The van der Waals surface area contributed by atoms with Gasteiger partial charge < -0.3 is 16.2 Å². The zero-order valence-electron chi connectivity index (χ0n) is 13.7. The molecule has 0 aromatic rings. The number of nitrogens with two attached hydrogens (primary N) is 2. The molecule has 2 heterocycles. The molecule has 0 aliphatic carbocycles. The van der Waals surface area contributed by atoms with Crippen molar-refractivity contribution in [3.63, 3.8) is 0 Å². The first-order valence-corrected chi connectivity index (χ1v) is 7.82. The Morgan fingerprint density at radius 3 is 1.30 bits per heavy atom. The smallest absolute Gasteiger partial charge is 0.0833 e. The topological polar surface area (TPSA) is 67.8 Å². The highest BCUT2D eigenvalue weighted by Gasteiger charge is 2.34. The monoisotopic (exact) mass is 414 g/mol. The van der Waals surface area contributed by atoms with Crippen molar-refractivity contribution < 1.29 is 4.74 Å². The lowest BCUT2D eigenvalue weighted by Crippen LogP contribution is -2.59. The van der Waals surface area contributed by atoms with Crippen LogP contribution < -0.4 is 11.5 Å². The van der Waals surface area contributed by atoms with Crippen LogP contribution in [0.3, 0.4) is 0 Å². The molecule has 2 aliphatic rings. The zero-order chi connectivity index (χ0) is 13.5. The second-order valence-electron chi connectivity index (χ2n) is 5.89. The molecular weight excluding hydrogens is 382 g/mol. The highest BCUT2D eigenvalue weighted by molar-refractivity contribution is 5.86. The van der Waals surface area contributed by atoms with Gasteiger partial charge in [0.1, 0.15) is 0 Å². The van der Waals surface area contributed by atoms with E-state index in [1.807, 2.05) is 0 Å². The van der Waals surface area contributed by atoms with Crippen LogP contribution in [0.15, 0.2) is 0 Å². The predicted octanol–water partition coefficient (Wildman–Crippen LogP) is 1.54. The van der Waals surface area contributed by atoms with E-state index in [1.165, 1.54) is 25.9 Å². The highest BCUT2D eigenvalue weighted by Crippen LogP contribution is 2.19. The van der Waals surface area contributed by atoms with Crippen molar-refractivity contribution in [2.45, 2.75) is 37.9 Å². The van der Waals surface area contributed by atoms with Crippen LogP contribution in [0.25, 0.3) is 0 Å². The van der Waals surface area contributed by atoms with Gasteiger partial charge in [-0.1, -0.05) is 0 Å². The average Bonchev–Trinajstić information content (AvgIpc) is 2.38. The first kappa shape index (κ1) is 28.8. The molecule has 0 aromatic carbocycles. The average molecular weight is 416 g/mol. The van der Waals surface area contributed by atoms with Crippen LogP contribution >= 0.6 is 49.6 Å². The van der Waals surface area contributed by atoms with Crippen molar-refractivity contribution in [1.82, 2.24) is 9.80 Å². The summed E-state index contributed by atoms with van der Waals surface area (Å²) in [5.41, 5.74) is 11.1. The third-order valence-electron chi connectivity index (χ3n) is 4.09. The summed E-state index contributed by atoms with van der Waals surface area (Å²) in [5, 5.41) is 0. The molecule has 0 amide bonds. The van der Waals surface area contributed by atoms with Crippen LogP contribution in [-0.4, -0.2) is 74.4 Å². The summed E-state index contributed by atoms with van der Waals surface area (Å²) in [6, 6.07) is 0. The van der Waals surface area contributed by atoms with Gasteiger partial charge in [0.15, 0.2) is 0 Å². The van der Waals surface area contributed by atoms with Gasteiger partial charge in [0.2, 0.25) is 0 Å². The van der Waals surface area contributed by atoms with Crippen LogP contribution in [0.1, 0.15) is 25.7 Å². The molecule has 5 nitrogen and oxygen atoms in total. The summed E-state index contributed by atoms with van der Waals surface area (Å²) in [6.07, 6.45) is 5.52. The molecule has 2 aliphatic heterocycles. The fraction of sp³-hybridized carbons (Fsp3) is 1.00. The summed E-state index contributed by atoms with van der Waals surface area (Å²) < 4.78 is 6.06. The third-order valence-corrected chi connectivity index (χ3v) is 4.09. The van der Waals surface area contributed by atoms with Gasteiger partial charge >= 0.3 is 0 Å². The zero-order valence-corrected chi connectivity index (χ0v) is 17.0. The number of halogens is 4. The summed E-state index contributed by atoms with van der Waals surface area (Å²) in [6.45, 7) is 8.35. The molecule has 2 fully saturated rings. The standard InChI is InChI=1S/C14H30N4O.4ClH/c15-5-1-3-7-17-9-13-11-18(8-4-2-6-16)12-14(10-17)19-13;;;;/h13-14H,1-12,15-16H2;4*1H.